The summed E-state index contributed by atoms with van der Waals surface area (Å²) in [7, 11) is 1.40. The van der Waals surface area contributed by atoms with E-state index < -0.39 is 6.04 Å². The van der Waals surface area contributed by atoms with E-state index in [9.17, 15) is 4.79 Å². The van der Waals surface area contributed by atoms with E-state index in [4.69, 9.17) is 16.3 Å². The van der Waals surface area contributed by atoms with Crippen LogP contribution in [0.5, 0.6) is 0 Å². The van der Waals surface area contributed by atoms with Crippen molar-refractivity contribution >= 4 is 17.6 Å². The number of ether oxygens (including phenoxy) is 1. The molecule has 1 aromatic rings. The van der Waals surface area contributed by atoms with Gasteiger partial charge in [-0.2, -0.15) is 0 Å². The smallest absolute Gasteiger partial charge is 0.327 e. The van der Waals surface area contributed by atoms with Crippen molar-refractivity contribution < 1.29 is 9.53 Å². The number of carbonyl (C=O) groups is 1. The maximum absolute atomic E-state index is 11.7. The Morgan fingerprint density at radius 1 is 1.59 bits per heavy atom. The van der Waals surface area contributed by atoms with Gasteiger partial charge >= 0.3 is 5.97 Å². The van der Waals surface area contributed by atoms with Crippen LogP contribution >= 0.6 is 11.6 Å². The molecule has 0 saturated heterocycles. The number of hydrogen-bond acceptors (Lipinski definition) is 3. The van der Waals surface area contributed by atoms with E-state index in [1.165, 1.54) is 20.0 Å². The Bertz CT molecular complexity index is 404. The molecular formula is C13H16ClNO2. The van der Waals surface area contributed by atoms with Crippen molar-refractivity contribution in [3.05, 3.63) is 34.9 Å². The Kier molecular flexibility index (Phi) is 4.02. The molecule has 1 fully saturated rings. The molecule has 3 nitrogen and oxygen atoms in total. The number of nitrogens with one attached hydrogen (secondary N) is 1. The van der Waals surface area contributed by atoms with Crippen LogP contribution in [-0.2, 0) is 9.53 Å². The number of methoxy groups -OCH3 is 1. The van der Waals surface area contributed by atoms with Gasteiger partial charge in [-0.25, -0.2) is 4.79 Å². The van der Waals surface area contributed by atoms with Gasteiger partial charge < -0.3 is 10.1 Å². The lowest BCUT2D eigenvalue weighted by Gasteiger charge is -2.16. The molecule has 1 saturated carbocycles. The number of benzene rings is 1. The van der Waals surface area contributed by atoms with Crippen molar-refractivity contribution in [2.45, 2.75) is 18.9 Å². The molecule has 1 unspecified atom stereocenters. The van der Waals surface area contributed by atoms with Crippen LogP contribution < -0.4 is 5.32 Å². The lowest BCUT2D eigenvalue weighted by atomic mass is 10.1. The summed E-state index contributed by atoms with van der Waals surface area (Å²) in [5, 5.41) is 3.87. The monoisotopic (exact) mass is 253 g/mol. The van der Waals surface area contributed by atoms with E-state index in [1.54, 1.807) is 12.1 Å². The summed E-state index contributed by atoms with van der Waals surface area (Å²) < 4.78 is 4.81. The van der Waals surface area contributed by atoms with Crippen molar-refractivity contribution in [3.8, 4) is 0 Å². The second kappa shape index (κ2) is 5.52. The van der Waals surface area contributed by atoms with Crippen molar-refractivity contribution in [1.29, 1.82) is 0 Å². The zero-order valence-corrected chi connectivity index (χ0v) is 10.5. The molecule has 1 atom stereocenters. The molecular weight excluding hydrogens is 238 g/mol. The molecule has 1 aromatic carbocycles. The van der Waals surface area contributed by atoms with E-state index in [0.29, 0.717) is 10.9 Å². The van der Waals surface area contributed by atoms with E-state index >= 15 is 0 Å². The largest absolute Gasteiger partial charge is 0.468 e. The highest BCUT2D eigenvalue weighted by atomic mass is 35.5. The minimum atomic E-state index is -0.417. The van der Waals surface area contributed by atoms with Crippen LogP contribution in [0, 0.1) is 5.92 Å². The van der Waals surface area contributed by atoms with Crippen LogP contribution in [0.15, 0.2) is 24.3 Å². The normalized spacial score (nSPS) is 16.6. The SMILES string of the molecule is COC(=O)C(NCC1CC1)c1cccc(Cl)c1. The van der Waals surface area contributed by atoms with Crippen LogP contribution in [0.3, 0.4) is 0 Å². The summed E-state index contributed by atoms with van der Waals surface area (Å²) in [6.45, 7) is 0.853. The molecule has 92 valence electrons. The van der Waals surface area contributed by atoms with Gasteiger partial charge in [0.05, 0.1) is 7.11 Å². The van der Waals surface area contributed by atoms with Crippen LogP contribution in [-0.4, -0.2) is 19.6 Å². The van der Waals surface area contributed by atoms with E-state index in [2.05, 4.69) is 5.32 Å². The maximum atomic E-state index is 11.7. The standard InChI is InChI=1S/C13H16ClNO2/c1-17-13(16)12(15-8-9-5-6-9)10-3-2-4-11(14)7-10/h2-4,7,9,12,15H,5-6,8H2,1H3. The minimum Gasteiger partial charge on any atom is -0.468 e. The summed E-state index contributed by atoms with van der Waals surface area (Å²) in [6.07, 6.45) is 2.49. The molecule has 4 heteroatoms. The lowest BCUT2D eigenvalue weighted by Crippen LogP contribution is -2.31. The van der Waals surface area contributed by atoms with Gasteiger partial charge in [0.25, 0.3) is 0 Å². The predicted octanol–water partition coefficient (Wildman–Crippen LogP) is 2.55. The maximum Gasteiger partial charge on any atom is 0.327 e. The summed E-state index contributed by atoms with van der Waals surface area (Å²) >= 11 is 5.93. The molecule has 1 N–H and O–H groups in total. The first-order valence-electron chi connectivity index (χ1n) is 5.77. The van der Waals surface area contributed by atoms with Gasteiger partial charge in [-0.15, -0.1) is 0 Å². The van der Waals surface area contributed by atoms with E-state index in [0.717, 1.165) is 12.1 Å². The van der Waals surface area contributed by atoms with Crippen LogP contribution in [0.2, 0.25) is 5.02 Å². The molecule has 17 heavy (non-hydrogen) atoms. The molecule has 1 aliphatic carbocycles. The topological polar surface area (TPSA) is 38.3 Å². The Morgan fingerprint density at radius 3 is 2.94 bits per heavy atom. The van der Waals surface area contributed by atoms with Crippen molar-refractivity contribution in [1.82, 2.24) is 5.32 Å². The molecule has 2 rings (SSSR count). The van der Waals surface area contributed by atoms with E-state index in [-0.39, 0.29) is 5.97 Å². The van der Waals surface area contributed by atoms with Crippen molar-refractivity contribution in [2.24, 2.45) is 5.92 Å². The van der Waals surface area contributed by atoms with Crippen molar-refractivity contribution in [3.63, 3.8) is 0 Å². The number of carbonyl (C=O) groups excluding carboxylic acids is 1. The number of esters is 1. The molecule has 0 amide bonds. The molecule has 0 spiro atoms. The Hall–Kier alpha value is -1.06. The summed E-state index contributed by atoms with van der Waals surface area (Å²) in [4.78, 5) is 11.7. The Labute approximate surface area is 106 Å². The highest BCUT2D eigenvalue weighted by Crippen LogP contribution is 2.29. The first kappa shape index (κ1) is 12.4. The number of hydrogen-bond donors (Lipinski definition) is 1. The van der Waals surface area contributed by atoms with Gasteiger partial charge in [0.2, 0.25) is 0 Å². The Morgan fingerprint density at radius 2 is 2.35 bits per heavy atom. The highest BCUT2D eigenvalue weighted by molar-refractivity contribution is 6.30. The lowest BCUT2D eigenvalue weighted by molar-refractivity contribution is -0.143. The third-order valence-corrected chi connectivity index (χ3v) is 3.16. The molecule has 0 bridgehead atoms. The van der Waals surface area contributed by atoms with Gasteiger partial charge in [0.15, 0.2) is 0 Å². The second-order valence-electron chi connectivity index (χ2n) is 4.36. The summed E-state index contributed by atoms with van der Waals surface area (Å²) in [5.41, 5.74) is 0.852. The van der Waals surface area contributed by atoms with Gasteiger partial charge in [-0.1, -0.05) is 23.7 Å². The van der Waals surface area contributed by atoms with E-state index in [1.807, 2.05) is 12.1 Å². The Balaban J connectivity index is 2.09. The first-order chi connectivity index (χ1) is 8.20. The second-order valence-corrected chi connectivity index (χ2v) is 4.80. The number of rotatable bonds is 5. The zero-order valence-electron chi connectivity index (χ0n) is 9.78. The molecule has 0 heterocycles. The van der Waals surface area contributed by atoms with Gasteiger partial charge in [-0.3, -0.25) is 0 Å². The van der Waals surface area contributed by atoms with Gasteiger partial charge in [0.1, 0.15) is 6.04 Å². The molecule has 1 aliphatic rings. The van der Waals surface area contributed by atoms with Gasteiger partial charge in [0, 0.05) is 5.02 Å². The fraction of sp³-hybridized carbons (Fsp3) is 0.462. The highest BCUT2D eigenvalue weighted by Gasteiger charge is 2.26. The van der Waals surface area contributed by atoms with Crippen LogP contribution in [0.1, 0.15) is 24.4 Å². The van der Waals surface area contributed by atoms with Gasteiger partial charge in [-0.05, 0) is 43.0 Å². The third-order valence-electron chi connectivity index (χ3n) is 2.93. The molecule has 0 radical (unpaired) electrons. The minimum absolute atomic E-state index is 0.270. The van der Waals surface area contributed by atoms with Crippen molar-refractivity contribution in [2.75, 3.05) is 13.7 Å². The average molecular weight is 254 g/mol. The number of halogens is 1. The summed E-state index contributed by atoms with van der Waals surface area (Å²) in [5.74, 6) is 0.439. The average Bonchev–Trinajstić information content (AvgIpc) is 3.13. The fourth-order valence-corrected chi connectivity index (χ4v) is 1.95. The quantitative estimate of drug-likeness (QED) is 0.820. The predicted molar refractivity (Wildman–Crippen MR) is 66.9 cm³/mol. The summed E-state index contributed by atoms with van der Waals surface area (Å²) in [6, 6.07) is 6.89. The first-order valence-corrected chi connectivity index (χ1v) is 6.15. The fourth-order valence-electron chi connectivity index (χ4n) is 1.75. The third kappa shape index (κ3) is 3.45. The zero-order chi connectivity index (χ0) is 12.3. The van der Waals surface area contributed by atoms with Crippen LogP contribution in [0.4, 0.5) is 0 Å². The molecule has 0 aromatic heterocycles. The van der Waals surface area contributed by atoms with Crippen LogP contribution in [0.25, 0.3) is 0 Å². The molecule has 0 aliphatic heterocycles.